The Kier molecular flexibility index (Phi) is 7.30. The average Bonchev–Trinajstić information content (AvgIpc) is 1.38. The number of nitrogens with two attached hydrogens (primary N) is 1. The normalized spacial score (nSPS) is 5.50. The summed E-state index contributed by atoms with van der Waals surface area (Å²) in [7, 11) is 0. The van der Waals surface area contributed by atoms with E-state index in [2.05, 4.69) is 5.73 Å². The van der Waals surface area contributed by atoms with Crippen LogP contribution in [0, 0.1) is 0 Å². The van der Waals surface area contributed by atoms with Gasteiger partial charge in [0.05, 0.1) is 0 Å². The van der Waals surface area contributed by atoms with Crippen molar-refractivity contribution in [3.8, 4) is 0 Å². The Morgan fingerprint density at radius 3 is 2.00 bits per heavy atom. The second-order valence-electron chi connectivity index (χ2n) is 0.489. The number of primary amides is 1. The van der Waals surface area contributed by atoms with Crippen molar-refractivity contribution in [2.75, 3.05) is 0 Å². The number of amides is 2. The molecule has 4 nitrogen and oxygen atoms in total. The second-order valence-corrected chi connectivity index (χ2v) is 0.489. The summed E-state index contributed by atoms with van der Waals surface area (Å²) in [5.41, 5.74) is 5.77. The van der Waals surface area contributed by atoms with Gasteiger partial charge in [-0.2, -0.15) is 0 Å². The second kappa shape index (κ2) is 4.75. The van der Waals surface area contributed by atoms with Crippen molar-refractivity contribution in [2.24, 2.45) is 5.73 Å². The third kappa shape index (κ3) is 9.26. The molecule has 1 radical (unpaired) electrons. The van der Waals surface area contributed by atoms with Crippen molar-refractivity contribution in [1.82, 2.24) is 5.43 Å². The summed E-state index contributed by atoms with van der Waals surface area (Å²) < 4.78 is 0. The van der Waals surface area contributed by atoms with Gasteiger partial charge in [-0.05, 0) is 0 Å². The van der Waals surface area contributed by atoms with Gasteiger partial charge in [0.25, 0.3) is 6.03 Å². The van der Waals surface area contributed by atoms with Crippen molar-refractivity contribution in [2.45, 2.75) is 0 Å². The molecule has 0 aromatic heterocycles. The monoisotopic (exact) mass is 129 g/mol. The number of nitrogens with one attached hydrogen (secondary N) is 2. The average molecular weight is 129 g/mol. The van der Waals surface area contributed by atoms with E-state index < -0.39 is 6.03 Å². The van der Waals surface area contributed by atoms with Gasteiger partial charge in [0.1, 0.15) is 0 Å². The molecule has 37 valence electrons. The minimum Gasteiger partial charge on any atom is -0.582 e. The summed E-state index contributed by atoms with van der Waals surface area (Å²) in [4.78, 5) is 9.29. The van der Waals surface area contributed by atoms with Crippen molar-refractivity contribution < 1.29 is 21.9 Å². The standard InChI is InChI=1S/CH4N3O.Mn/c2-1(5)4-3;/h3H,(H3,2,4,5);/q-1;. The van der Waals surface area contributed by atoms with E-state index in [1.165, 1.54) is 5.43 Å². The van der Waals surface area contributed by atoms with Gasteiger partial charge in [-0.3, -0.25) is 4.79 Å². The number of rotatable bonds is 0. The van der Waals surface area contributed by atoms with Crippen molar-refractivity contribution in [3.05, 3.63) is 5.84 Å². The Labute approximate surface area is 45.7 Å². The SMILES string of the molecule is [Mn].[NH-]NC(N)=O. The van der Waals surface area contributed by atoms with E-state index in [1.807, 2.05) is 0 Å². The van der Waals surface area contributed by atoms with Gasteiger partial charge in [0.15, 0.2) is 0 Å². The van der Waals surface area contributed by atoms with Crippen LogP contribution in [0.3, 0.4) is 0 Å². The third-order valence-electron chi connectivity index (χ3n) is 0.123. The van der Waals surface area contributed by atoms with Crippen molar-refractivity contribution in [1.29, 1.82) is 0 Å². The minimum atomic E-state index is -0.829. The molecular formula is CH4MnN3O-. The van der Waals surface area contributed by atoms with Crippen molar-refractivity contribution in [3.63, 3.8) is 0 Å². The molecule has 0 heterocycles. The van der Waals surface area contributed by atoms with Crippen LogP contribution in [0.25, 0.3) is 5.84 Å². The molecule has 0 saturated heterocycles. The Bertz CT molecular complexity index is 46.1. The molecule has 0 aliphatic rings. The summed E-state index contributed by atoms with van der Waals surface area (Å²) >= 11 is 0. The minimum absolute atomic E-state index is 0. The van der Waals surface area contributed by atoms with E-state index >= 15 is 0 Å². The van der Waals surface area contributed by atoms with E-state index in [9.17, 15) is 4.79 Å². The van der Waals surface area contributed by atoms with Crippen LogP contribution in [0.15, 0.2) is 0 Å². The van der Waals surface area contributed by atoms with Crippen LogP contribution >= 0.6 is 0 Å². The smallest absolute Gasteiger partial charge is 0.295 e. The first-order valence-electron chi connectivity index (χ1n) is 0.993. The Morgan fingerprint density at radius 1 is 1.83 bits per heavy atom. The molecule has 0 bridgehead atoms. The predicted octanol–water partition coefficient (Wildman–Crippen LogP) is -0.381. The van der Waals surface area contributed by atoms with Gasteiger partial charge in [-0.15, -0.1) is 0 Å². The molecule has 0 aromatic carbocycles. The molecule has 0 aliphatic heterocycles. The first-order valence-corrected chi connectivity index (χ1v) is 0.993. The van der Waals surface area contributed by atoms with Gasteiger partial charge in [-0.1, -0.05) is 0 Å². The number of carbonyl (C=O) groups is 1. The summed E-state index contributed by atoms with van der Waals surface area (Å²) in [5.74, 6) is 5.93. The van der Waals surface area contributed by atoms with E-state index in [4.69, 9.17) is 5.84 Å². The van der Waals surface area contributed by atoms with Crippen molar-refractivity contribution >= 4 is 6.03 Å². The van der Waals surface area contributed by atoms with Crippen LogP contribution in [0.4, 0.5) is 4.79 Å². The molecule has 0 atom stereocenters. The van der Waals surface area contributed by atoms with Gasteiger partial charge in [0, 0.05) is 17.1 Å². The zero-order chi connectivity index (χ0) is 4.28. The Balaban J connectivity index is 0. The van der Waals surface area contributed by atoms with Crippen LogP contribution in [0.1, 0.15) is 0 Å². The molecule has 0 unspecified atom stereocenters. The van der Waals surface area contributed by atoms with Gasteiger partial charge in [0.2, 0.25) is 0 Å². The van der Waals surface area contributed by atoms with Crippen LogP contribution in [-0.2, 0) is 17.1 Å². The fourth-order valence-electron chi connectivity index (χ4n) is 0. The van der Waals surface area contributed by atoms with Gasteiger partial charge < -0.3 is 17.0 Å². The fourth-order valence-corrected chi connectivity index (χ4v) is 0. The maximum absolute atomic E-state index is 9.29. The van der Waals surface area contributed by atoms with Crippen LogP contribution in [0.2, 0.25) is 0 Å². The molecule has 0 fully saturated rings. The maximum Gasteiger partial charge on any atom is 0.295 e. The number of hydrogen-bond acceptors (Lipinski definition) is 1. The molecule has 5 heteroatoms. The molecule has 0 spiro atoms. The third-order valence-corrected chi connectivity index (χ3v) is 0.123. The summed E-state index contributed by atoms with van der Waals surface area (Å²) in [6.07, 6.45) is 0. The fraction of sp³-hybridized carbons (Fsp3) is 0. The maximum atomic E-state index is 9.29. The molecule has 0 saturated carbocycles. The van der Waals surface area contributed by atoms with E-state index in [0.29, 0.717) is 0 Å². The Hall–Kier alpha value is -0.251. The molecule has 6 heavy (non-hydrogen) atoms. The first-order chi connectivity index (χ1) is 2.27. The largest absolute Gasteiger partial charge is 0.582 e. The number of carbonyl (C=O) groups excluding carboxylic acids is 1. The van der Waals surface area contributed by atoms with Gasteiger partial charge in [-0.25, -0.2) is 0 Å². The zero-order valence-corrected chi connectivity index (χ0v) is 4.04. The quantitative estimate of drug-likeness (QED) is 0.339. The molecule has 0 aliphatic carbocycles. The summed E-state index contributed by atoms with van der Waals surface area (Å²) in [6, 6.07) is -0.829. The number of hydrogen-bond donors (Lipinski definition) is 2. The molecular weight excluding hydrogens is 125 g/mol. The Morgan fingerprint density at radius 2 is 2.00 bits per heavy atom. The zero-order valence-electron chi connectivity index (χ0n) is 2.86. The topological polar surface area (TPSA) is 78.9 Å². The van der Waals surface area contributed by atoms with Crippen LogP contribution in [0.5, 0.6) is 0 Å². The summed E-state index contributed by atoms with van der Waals surface area (Å²) in [6.45, 7) is 0. The number of urea groups is 1. The van der Waals surface area contributed by atoms with E-state index in [1.54, 1.807) is 0 Å². The van der Waals surface area contributed by atoms with Gasteiger partial charge >= 0.3 is 0 Å². The molecule has 0 aromatic rings. The van der Waals surface area contributed by atoms with Crippen LogP contribution < -0.4 is 11.2 Å². The summed E-state index contributed by atoms with van der Waals surface area (Å²) in [5, 5.41) is 0. The molecule has 4 N–H and O–H groups in total. The predicted molar refractivity (Wildman–Crippen MR) is 17.0 cm³/mol. The van der Waals surface area contributed by atoms with E-state index in [0.717, 1.165) is 0 Å². The first kappa shape index (κ1) is 9.23. The molecule has 2 amide bonds. The van der Waals surface area contributed by atoms with Crippen LogP contribution in [-0.4, -0.2) is 6.03 Å². The van der Waals surface area contributed by atoms with E-state index in [-0.39, 0.29) is 17.1 Å². The molecule has 0 rings (SSSR count).